The van der Waals surface area contributed by atoms with Gasteiger partial charge in [0, 0.05) is 6.26 Å². The van der Waals surface area contributed by atoms with Crippen LogP contribution in [-0.4, -0.2) is 29.7 Å². The average molecular weight is 292 g/mol. The van der Waals surface area contributed by atoms with Gasteiger partial charge in [-0.1, -0.05) is 13.0 Å². The largest absolute Gasteiger partial charge is 0.297 e. The molecule has 0 saturated carbocycles. The van der Waals surface area contributed by atoms with Crippen molar-refractivity contribution in [3.05, 3.63) is 23.8 Å². The van der Waals surface area contributed by atoms with E-state index in [-0.39, 0.29) is 16.4 Å². The molecule has 0 radical (unpaired) electrons. The van der Waals surface area contributed by atoms with Gasteiger partial charge in [0.1, 0.15) is 0 Å². The third-order valence-electron chi connectivity index (χ3n) is 2.29. The molecule has 0 spiro atoms. The maximum Gasteiger partial charge on any atom is 0.297 e. The molecule has 0 heterocycles. The minimum Gasteiger partial charge on any atom is -0.266 e. The number of benzene rings is 1. The molecule has 102 valence electrons. The van der Waals surface area contributed by atoms with E-state index >= 15 is 0 Å². The quantitative estimate of drug-likeness (QED) is 0.769. The molecule has 0 aliphatic rings. The van der Waals surface area contributed by atoms with Crippen LogP contribution < -0.4 is 0 Å². The number of hydrogen-bond donors (Lipinski definition) is 0. The van der Waals surface area contributed by atoms with Crippen LogP contribution in [0.25, 0.3) is 0 Å². The maximum absolute atomic E-state index is 11.8. The Balaban J connectivity index is 3.30. The molecule has 18 heavy (non-hydrogen) atoms. The van der Waals surface area contributed by atoms with Crippen LogP contribution in [0.4, 0.5) is 0 Å². The first-order chi connectivity index (χ1) is 8.18. The molecule has 1 aromatic carbocycles. The van der Waals surface area contributed by atoms with Crippen molar-refractivity contribution in [3.8, 4) is 0 Å². The van der Waals surface area contributed by atoms with E-state index in [1.165, 1.54) is 12.1 Å². The van der Waals surface area contributed by atoms with Crippen molar-refractivity contribution in [1.82, 2.24) is 0 Å². The summed E-state index contributed by atoms with van der Waals surface area (Å²) >= 11 is 0. The third kappa shape index (κ3) is 3.54. The average Bonchev–Trinajstić information content (AvgIpc) is 2.25. The zero-order valence-corrected chi connectivity index (χ0v) is 12.1. The van der Waals surface area contributed by atoms with Gasteiger partial charge in [0.05, 0.1) is 16.4 Å². The van der Waals surface area contributed by atoms with Crippen molar-refractivity contribution in [1.29, 1.82) is 0 Å². The molecule has 7 heteroatoms. The Bertz CT molecular complexity index is 629. The van der Waals surface area contributed by atoms with Gasteiger partial charge in [-0.3, -0.25) is 4.18 Å². The third-order valence-corrected chi connectivity index (χ3v) is 4.84. The summed E-state index contributed by atoms with van der Waals surface area (Å²) in [6, 6.07) is 3.93. The van der Waals surface area contributed by atoms with Crippen LogP contribution in [0.2, 0.25) is 0 Å². The van der Waals surface area contributed by atoms with Crippen LogP contribution in [0.5, 0.6) is 0 Å². The van der Waals surface area contributed by atoms with E-state index in [1.807, 2.05) is 0 Å². The SMILES string of the molecule is CCCOS(=O)(=O)c1ccc(C)c(S(C)(=O)=O)c1. The highest BCUT2D eigenvalue weighted by molar-refractivity contribution is 7.91. The molecule has 0 N–H and O–H groups in total. The van der Waals surface area contributed by atoms with Gasteiger partial charge in [-0.2, -0.15) is 8.42 Å². The highest BCUT2D eigenvalue weighted by Crippen LogP contribution is 2.21. The molecular weight excluding hydrogens is 276 g/mol. The summed E-state index contributed by atoms with van der Waals surface area (Å²) in [5.74, 6) is 0. The molecule has 1 rings (SSSR count). The van der Waals surface area contributed by atoms with E-state index in [4.69, 9.17) is 4.18 Å². The van der Waals surface area contributed by atoms with E-state index in [0.29, 0.717) is 12.0 Å². The van der Waals surface area contributed by atoms with Crippen molar-refractivity contribution in [2.24, 2.45) is 0 Å². The fourth-order valence-electron chi connectivity index (χ4n) is 1.40. The van der Waals surface area contributed by atoms with Gasteiger partial charge in [0.2, 0.25) is 0 Å². The minimum atomic E-state index is -3.89. The van der Waals surface area contributed by atoms with Gasteiger partial charge in [-0.15, -0.1) is 0 Å². The van der Waals surface area contributed by atoms with Gasteiger partial charge in [-0.05, 0) is 31.0 Å². The van der Waals surface area contributed by atoms with E-state index < -0.39 is 20.0 Å². The molecule has 0 aliphatic carbocycles. The Morgan fingerprint density at radius 2 is 1.78 bits per heavy atom. The van der Waals surface area contributed by atoms with Crippen LogP contribution in [-0.2, 0) is 24.1 Å². The molecule has 0 aliphatic heterocycles. The summed E-state index contributed by atoms with van der Waals surface area (Å²) in [7, 11) is -7.34. The molecule has 0 bridgehead atoms. The molecule has 1 aromatic rings. The van der Waals surface area contributed by atoms with Gasteiger partial charge in [-0.25, -0.2) is 8.42 Å². The predicted molar refractivity (Wildman–Crippen MR) is 67.7 cm³/mol. The zero-order chi connectivity index (χ0) is 14.0. The van der Waals surface area contributed by atoms with E-state index in [1.54, 1.807) is 13.8 Å². The van der Waals surface area contributed by atoms with Gasteiger partial charge < -0.3 is 0 Å². The van der Waals surface area contributed by atoms with E-state index in [9.17, 15) is 16.8 Å². The molecule has 0 fully saturated rings. The Morgan fingerprint density at radius 3 is 2.28 bits per heavy atom. The number of hydrogen-bond acceptors (Lipinski definition) is 5. The monoisotopic (exact) mass is 292 g/mol. The summed E-state index contributed by atoms with van der Waals surface area (Å²) in [6.07, 6.45) is 1.60. The van der Waals surface area contributed by atoms with Crippen LogP contribution in [0.1, 0.15) is 18.9 Å². The topological polar surface area (TPSA) is 77.5 Å². The normalized spacial score (nSPS) is 12.6. The zero-order valence-electron chi connectivity index (χ0n) is 10.5. The maximum atomic E-state index is 11.8. The van der Waals surface area contributed by atoms with Crippen molar-refractivity contribution < 1.29 is 21.0 Å². The molecule has 5 nitrogen and oxygen atoms in total. The second-order valence-electron chi connectivity index (χ2n) is 3.98. The van der Waals surface area contributed by atoms with Crippen LogP contribution in [0.15, 0.2) is 28.0 Å². The van der Waals surface area contributed by atoms with Crippen LogP contribution in [0.3, 0.4) is 0 Å². The van der Waals surface area contributed by atoms with Gasteiger partial charge in [0.15, 0.2) is 9.84 Å². The highest BCUT2D eigenvalue weighted by Gasteiger charge is 2.19. The lowest BCUT2D eigenvalue weighted by Crippen LogP contribution is -2.09. The summed E-state index contributed by atoms with van der Waals surface area (Å²) in [5, 5.41) is 0. The fourth-order valence-corrected chi connectivity index (χ4v) is 3.48. The van der Waals surface area contributed by atoms with Crippen molar-refractivity contribution >= 4 is 20.0 Å². The first-order valence-electron chi connectivity index (χ1n) is 5.38. The lowest BCUT2D eigenvalue weighted by Gasteiger charge is -2.08. The summed E-state index contributed by atoms with van der Waals surface area (Å²) < 4.78 is 51.3. The Hall–Kier alpha value is -0.920. The first kappa shape index (κ1) is 15.1. The summed E-state index contributed by atoms with van der Waals surface area (Å²) in [4.78, 5) is -0.134. The summed E-state index contributed by atoms with van der Waals surface area (Å²) in [5.41, 5.74) is 0.506. The summed E-state index contributed by atoms with van der Waals surface area (Å²) in [6.45, 7) is 3.47. The minimum absolute atomic E-state index is 0.00340. The van der Waals surface area contributed by atoms with Gasteiger partial charge in [0.25, 0.3) is 10.1 Å². The Labute approximate surface area is 108 Å². The number of rotatable bonds is 5. The standard InChI is InChI=1S/C11H16O5S2/c1-4-7-16-18(14,15)10-6-5-9(2)11(8-10)17(3,12)13/h5-6,8H,4,7H2,1-3H3. The molecule has 0 saturated heterocycles. The van der Waals surface area contributed by atoms with E-state index in [2.05, 4.69) is 0 Å². The van der Waals surface area contributed by atoms with Crippen LogP contribution >= 0.6 is 0 Å². The first-order valence-corrected chi connectivity index (χ1v) is 8.68. The van der Waals surface area contributed by atoms with Crippen molar-refractivity contribution in [2.75, 3.05) is 12.9 Å². The number of aryl methyl sites for hydroxylation is 1. The highest BCUT2D eigenvalue weighted by atomic mass is 32.2. The molecule has 0 unspecified atom stereocenters. The second-order valence-corrected chi connectivity index (χ2v) is 7.58. The van der Waals surface area contributed by atoms with Crippen molar-refractivity contribution in [3.63, 3.8) is 0 Å². The van der Waals surface area contributed by atoms with Crippen molar-refractivity contribution in [2.45, 2.75) is 30.1 Å². The molecule has 0 aromatic heterocycles. The Kier molecular flexibility index (Phi) is 4.52. The fraction of sp³-hybridized carbons (Fsp3) is 0.455. The van der Waals surface area contributed by atoms with Gasteiger partial charge >= 0.3 is 0 Å². The smallest absolute Gasteiger partial charge is 0.266 e. The van der Waals surface area contributed by atoms with E-state index in [0.717, 1.165) is 12.3 Å². The van der Waals surface area contributed by atoms with Crippen LogP contribution in [0, 0.1) is 6.92 Å². The lowest BCUT2D eigenvalue weighted by molar-refractivity contribution is 0.318. The molecular formula is C11H16O5S2. The molecule has 0 amide bonds. The lowest BCUT2D eigenvalue weighted by atomic mass is 10.2. The predicted octanol–water partition coefficient (Wildman–Crippen LogP) is 1.51. The second kappa shape index (κ2) is 5.38. The molecule has 0 atom stereocenters. The number of sulfone groups is 1. The Morgan fingerprint density at radius 1 is 1.17 bits per heavy atom.